The Morgan fingerprint density at radius 2 is 1.96 bits per heavy atom. The molecule has 1 amide bonds. The first kappa shape index (κ1) is 17.3. The van der Waals surface area contributed by atoms with Crippen LogP contribution in [-0.2, 0) is 24.3 Å². The predicted octanol–water partition coefficient (Wildman–Crippen LogP) is 2.46. The topological polar surface area (TPSA) is 68.1 Å². The molecule has 6 heteroatoms. The van der Waals surface area contributed by atoms with Gasteiger partial charge in [-0.2, -0.15) is 0 Å². The van der Waals surface area contributed by atoms with E-state index >= 15 is 0 Å². The van der Waals surface area contributed by atoms with Crippen molar-refractivity contribution < 1.29 is 9.59 Å². The lowest BCUT2D eigenvalue weighted by Gasteiger charge is -2.16. The van der Waals surface area contributed by atoms with Crippen molar-refractivity contribution in [3.8, 4) is 0 Å². The second-order valence-electron chi connectivity index (χ2n) is 6.76. The number of ketones is 1. The van der Waals surface area contributed by atoms with Crippen LogP contribution < -0.4 is 0 Å². The van der Waals surface area contributed by atoms with Gasteiger partial charge in [-0.25, -0.2) is 0 Å². The van der Waals surface area contributed by atoms with E-state index in [0.717, 1.165) is 42.2 Å². The average Bonchev–Trinajstić information content (AvgIpc) is 3.19. The number of aryl methyl sites for hydroxylation is 3. The summed E-state index contributed by atoms with van der Waals surface area (Å²) in [5.74, 6) is 1.78. The van der Waals surface area contributed by atoms with Crippen molar-refractivity contribution >= 4 is 11.7 Å². The number of carbonyl (C=O) groups excluding carboxylic acids is 2. The Kier molecular flexibility index (Phi) is 4.97. The highest BCUT2D eigenvalue weighted by atomic mass is 16.2. The number of rotatable bonds is 6. The van der Waals surface area contributed by atoms with Gasteiger partial charge in [0, 0.05) is 38.4 Å². The molecule has 0 N–H and O–H groups in total. The lowest BCUT2D eigenvalue weighted by molar-refractivity contribution is -0.130. The average molecular weight is 340 g/mol. The summed E-state index contributed by atoms with van der Waals surface area (Å²) in [5.41, 5.74) is 2.93. The zero-order valence-electron chi connectivity index (χ0n) is 15.1. The summed E-state index contributed by atoms with van der Waals surface area (Å²) in [6.07, 6.45) is 2.47. The molecular weight excluding hydrogens is 316 g/mol. The number of amides is 1. The van der Waals surface area contributed by atoms with E-state index in [9.17, 15) is 9.59 Å². The van der Waals surface area contributed by atoms with Crippen molar-refractivity contribution in [3.05, 3.63) is 46.5 Å². The van der Waals surface area contributed by atoms with Crippen LogP contribution in [-0.4, -0.2) is 38.4 Å². The molecule has 0 saturated carbocycles. The lowest BCUT2D eigenvalue weighted by Crippen LogP contribution is -2.28. The maximum absolute atomic E-state index is 12.3. The first-order valence-corrected chi connectivity index (χ1v) is 8.71. The Morgan fingerprint density at radius 3 is 2.72 bits per heavy atom. The predicted molar refractivity (Wildman–Crippen MR) is 94.3 cm³/mol. The molecule has 1 aromatic carbocycles. The number of carbonyl (C=O) groups is 2. The Morgan fingerprint density at radius 1 is 1.16 bits per heavy atom. The van der Waals surface area contributed by atoms with Gasteiger partial charge in [-0.3, -0.25) is 9.59 Å². The molecule has 3 rings (SSSR count). The first-order chi connectivity index (χ1) is 12.0. The van der Waals surface area contributed by atoms with Gasteiger partial charge >= 0.3 is 0 Å². The van der Waals surface area contributed by atoms with Crippen molar-refractivity contribution in [2.24, 2.45) is 0 Å². The quantitative estimate of drug-likeness (QED) is 0.758. The summed E-state index contributed by atoms with van der Waals surface area (Å²) in [5, 5.41) is 8.33. The third-order valence-electron chi connectivity index (χ3n) is 4.89. The van der Waals surface area contributed by atoms with Gasteiger partial charge in [0.15, 0.2) is 11.6 Å². The van der Waals surface area contributed by atoms with Gasteiger partial charge in [0.05, 0.1) is 6.54 Å². The summed E-state index contributed by atoms with van der Waals surface area (Å²) in [4.78, 5) is 26.3. The summed E-state index contributed by atoms with van der Waals surface area (Å²) < 4.78 is 2.09. The van der Waals surface area contributed by atoms with Gasteiger partial charge in [-0.15, -0.1) is 10.2 Å². The fourth-order valence-electron chi connectivity index (χ4n) is 3.10. The highest BCUT2D eigenvalue weighted by molar-refractivity contribution is 5.98. The Balaban J connectivity index is 1.54. The van der Waals surface area contributed by atoms with E-state index in [1.165, 1.54) is 0 Å². The van der Waals surface area contributed by atoms with Crippen LogP contribution >= 0.6 is 0 Å². The molecule has 2 heterocycles. The van der Waals surface area contributed by atoms with Gasteiger partial charge in [0.25, 0.3) is 0 Å². The minimum atomic E-state index is -0.0486. The van der Waals surface area contributed by atoms with E-state index < -0.39 is 0 Å². The third-order valence-corrected chi connectivity index (χ3v) is 4.89. The van der Waals surface area contributed by atoms with E-state index in [2.05, 4.69) is 14.8 Å². The van der Waals surface area contributed by atoms with Crippen molar-refractivity contribution in [1.82, 2.24) is 19.7 Å². The standard InChI is InChI=1S/C19H24N4O2/c1-13-6-7-15(11-14(13)2)16(24)8-9-19(25)22(3)12-18-21-20-17-5-4-10-23(17)18/h6-7,11H,4-5,8-10,12H2,1-3H3. The van der Waals surface area contributed by atoms with Gasteiger partial charge in [-0.05, 0) is 37.5 Å². The second-order valence-corrected chi connectivity index (χ2v) is 6.76. The molecule has 132 valence electrons. The largest absolute Gasteiger partial charge is 0.338 e. The van der Waals surface area contributed by atoms with Crippen molar-refractivity contribution in [2.75, 3.05) is 7.05 Å². The SMILES string of the molecule is Cc1ccc(C(=O)CCC(=O)N(C)Cc2nnc3n2CCC3)cc1C. The van der Waals surface area contributed by atoms with Gasteiger partial charge in [-0.1, -0.05) is 12.1 Å². The first-order valence-electron chi connectivity index (χ1n) is 8.71. The molecule has 1 aliphatic heterocycles. The molecule has 0 unspecified atom stereocenters. The monoisotopic (exact) mass is 340 g/mol. The molecule has 0 saturated heterocycles. The zero-order chi connectivity index (χ0) is 18.0. The van der Waals surface area contributed by atoms with Gasteiger partial charge in [0.1, 0.15) is 5.82 Å². The number of hydrogen-bond acceptors (Lipinski definition) is 4. The van der Waals surface area contributed by atoms with Crippen LogP contribution in [0.15, 0.2) is 18.2 Å². The van der Waals surface area contributed by atoms with E-state index in [1.807, 2.05) is 32.0 Å². The summed E-state index contributed by atoms with van der Waals surface area (Å²) in [6.45, 7) is 5.36. The Labute approximate surface area is 147 Å². The Hall–Kier alpha value is -2.50. The molecule has 0 bridgehead atoms. The number of benzene rings is 1. The maximum atomic E-state index is 12.3. The van der Waals surface area contributed by atoms with Gasteiger partial charge in [0.2, 0.25) is 5.91 Å². The summed E-state index contributed by atoms with van der Waals surface area (Å²) in [6, 6.07) is 5.67. The van der Waals surface area contributed by atoms with Crippen LogP contribution in [0.5, 0.6) is 0 Å². The highest BCUT2D eigenvalue weighted by Gasteiger charge is 2.20. The van der Waals surface area contributed by atoms with Crippen LogP contribution in [0.25, 0.3) is 0 Å². The van der Waals surface area contributed by atoms with E-state index in [4.69, 9.17) is 0 Å². The van der Waals surface area contributed by atoms with Crippen LogP contribution in [0.4, 0.5) is 0 Å². The van der Waals surface area contributed by atoms with E-state index in [-0.39, 0.29) is 24.5 Å². The molecule has 1 aromatic heterocycles. The molecule has 2 aromatic rings. The fourth-order valence-corrected chi connectivity index (χ4v) is 3.10. The number of Topliss-reactive ketones (excluding diaryl/α,β-unsaturated/α-hetero) is 1. The molecule has 0 fully saturated rings. The van der Waals surface area contributed by atoms with Gasteiger partial charge < -0.3 is 9.47 Å². The molecule has 1 aliphatic rings. The molecule has 25 heavy (non-hydrogen) atoms. The third kappa shape index (κ3) is 3.78. The number of aromatic nitrogens is 3. The summed E-state index contributed by atoms with van der Waals surface area (Å²) in [7, 11) is 1.75. The van der Waals surface area contributed by atoms with E-state index in [1.54, 1.807) is 11.9 Å². The number of hydrogen-bond donors (Lipinski definition) is 0. The lowest BCUT2D eigenvalue weighted by atomic mass is 10.0. The fraction of sp³-hybridized carbons (Fsp3) is 0.474. The van der Waals surface area contributed by atoms with Crippen LogP contribution in [0, 0.1) is 13.8 Å². The summed E-state index contributed by atoms with van der Waals surface area (Å²) >= 11 is 0. The van der Waals surface area contributed by atoms with Crippen LogP contribution in [0.1, 0.15) is 52.4 Å². The van der Waals surface area contributed by atoms with Crippen molar-refractivity contribution in [3.63, 3.8) is 0 Å². The maximum Gasteiger partial charge on any atom is 0.223 e. The minimum absolute atomic E-state index is 0.00761. The molecular formula is C19H24N4O2. The Bertz CT molecular complexity index is 810. The highest BCUT2D eigenvalue weighted by Crippen LogP contribution is 2.16. The zero-order valence-corrected chi connectivity index (χ0v) is 15.1. The molecule has 0 spiro atoms. The number of fused-ring (bicyclic) bond motifs is 1. The van der Waals surface area contributed by atoms with Crippen LogP contribution in [0.2, 0.25) is 0 Å². The van der Waals surface area contributed by atoms with E-state index in [0.29, 0.717) is 12.1 Å². The second kappa shape index (κ2) is 7.17. The molecule has 6 nitrogen and oxygen atoms in total. The molecule has 0 radical (unpaired) electrons. The van der Waals surface area contributed by atoms with Crippen molar-refractivity contribution in [1.29, 1.82) is 0 Å². The minimum Gasteiger partial charge on any atom is -0.338 e. The van der Waals surface area contributed by atoms with Crippen LogP contribution in [0.3, 0.4) is 0 Å². The smallest absolute Gasteiger partial charge is 0.223 e. The van der Waals surface area contributed by atoms with Crippen molar-refractivity contribution in [2.45, 2.75) is 52.6 Å². The molecule has 0 atom stereocenters. The normalized spacial score (nSPS) is 12.9. The molecule has 0 aliphatic carbocycles. The number of nitrogens with zero attached hydrogens (tertiary/aromatic N) is 4.